The highest BCUT2D eigenvalue weighted by molar-refractivity contribution is 6.30. The largest absolute Gasteiger partial charge is 0.444 e. The molecule has 3 aromatic rings. The SMILES string of the molecule is Cc1ccc(C)c(NC(=O)[C@H](OC(=O)c2ccc(Cl)cc2)c2ccccc2)c1. The molecule has 0 saturated carbocycles. The van der Waals surface area contributed by atoms with Gasteiger partial charge in [0.15, 0.2) is 0 Å². The van der Waals surface area contributed by atoms with Crippen LogP contribution in [0, 0.1) is 13.8 Å². The monoisotopic (exact) mass is 393 g/mol. The summed E-state index contributed by atoms with van der Waals surface area (Å²) >= 11 is 5.87. The molecule has 0 radical (unpaired) electrons. The van der Waals surface area contributed by atoms with E-state index in [4.69, 9.17) is 16.3 Å². The maximum atomic E-state index is 13.0. The summed E-state index contributed by atoms with van der Waals surface area (Å²) in [4.78, 5) is 25.6. The molecule has 0 aliphatic rings. The lowest BCUT2D eigenvalue weighted by atomic mass is 10.1. The molecule has 1 atom stereocenters. The van der Waals surface area contributed by atoms with Gasteiger partial charge in [0, 0.05) is 16.3 Å². The second-order valence-corrected chi connectivity index (χ2v) is 6.95. The molecule has 28 heavy (non-hydrogen) atoms. The lowest BCUT2D eigenvalue weighted by Gasteiger charge is -2.19. The molecule has 0 spiro atoms. The number of ether oxygens (including phenoxy) is 1. The van der Waals surface area contributed by atoms with E-state index >= 15 is 0 Å². The van der Waals surface area contributed by atoms with Gasteiger partial charge in [0.1, 0.15) is 0 Å². The molecule has 0 unspecified atom stereocenters. The van der Waals surface area contributed by atoms with Crippen LogP contribution in [-0.4, -0.2) is 11.9 Å². The van der Waals surface area contributed by atoms with Gasteiger partial charge >= 0.3 is 5.97 Å². The second-order valence-electron chi connectivity index (χ2n) is 6.51. The van der Waals surface area contributed by atoms with E-state index in [-0.39, 0.29) is 0 Å². The lowest BCUT2D eigenvalue weighted by Crippen LogP contribution is -2.26. The highest BCUT2D eigenvalue weighted by Crippen LogP contribution is 2.24. The third-order valence-corrected chi connectivity index (χ3v) is 4.55. The van der Waals surface area contributed by atoms with Crippen molar-refractivity contribution < 1.29 is 14.3 Å². The van der Waals surface area contributed by atoms with Gasteiger partial charge in [-0.2, -0.15) is 0 Å². The van der Waals surface area contributed by atoms with Gasteiger partial charge in [0.05, 0.1) is 5.56 Å². The van der Waals surface area contributed by atoms with E-state index in [1.165, 1.54) is 0 Å². The van der Waals surface area contributed by atoms with Crippen molar-refractivity contribution in [3.63, 3.8) is 0 Å². The number of amides is 1. The normalized spacial score (nSPS) is 11.5. The molecular weight excluding hydrogens is 374 g/mol. The predicted octanol–water partition coefficient (Wildman–Crippen LogP) is 5.49. The molecule has 0 aliphatic carbocycles. The van der Waals surface area contributed by atoms with Crippen molar-refractivity contribution in [2.45, 2.75) is 20.0 Å². The summed E-state index contributed by atoms with van der Waals surface area (Å²) in [6.45, 7) is 3.86. The molecule has 0 bridgehead atoms. The Labute approximate surface area is 169 Å². The fourth-order valence-corrected chi connectivity index (χ4v) is 2.86. The number of rotatable bonds is 5. The van der Waals surface area contributed by atoms with E-state index in [1.807, 2.05) is 38.1 Å². The van der Waals surface area contributed by atoms with Crippen molar-refractivity contribution in [3.8, 4) is 0 Å². The van der Waals surface area contributed by atoms with Crippen molar-refractivity contribution in [2.75, 3.05) is 5.32 Å². The molecule has 0 heterocycles. The number of aryl methyl sites for hydroxylation is 2. The van der Waals surface area contributed by atoms with E-state index in [0.29, 0.717) is 21.8 Å². The maximum Gasteiger partial charge on any atom is 0.339 e. The summed E-state index contributed by atoms with van der Waals surface area (Å²) in [7, 11) is 0. The number of hydrogen-bond donors (Lipinski definition) is 1. The molecule has 0 aromatic heterocycles. The van der Waals surface area contributed by atoms with Crippen LogP contribution in [0.15, 0.2) is 72.8 Å². The van der Waals surface area contributed by atoms with Gasteiger partial charge in [-0.25, -0.2) is 4.79 Å². The Bertz CT molecular complexity index is 984. The summed E-state index contributed by atoms with van der Waals surface area (Å²) in [5, 5.41) is 3.40. The second kappa shape index (κ2) is 8.72. The predicted molar refractivity (Wildman–Crippen MR) is 111 cm³/mol. The smallest absolute Gasteiger partial charge is 0.339 e. The summed E-state index contributed by atoms with van der Waals surface area (Å²) in [5.41, 5.74) is 3.55. The first kappa shape index (κ1) is 19.6. The fraction of sp³-hybridized carbons (Fsp3) is 0.130. The van der Waals surface area contributed by atoms with Gasteiger partial charge in [-0.05, 0) is 55.3 Å². The Balaban J connectivity index is 1.86. The van der Waals surface area contributed by atoms with Crippen LogP contribution in [0.1, 0.15) is 33.2 Å². The number of carbonyl (C=O) groups excluding carboxylic acids is 2. The number of anilines is 1. The third-order valence-electron chi connectivity index (χ3n) is 4.30. The number of hydrogen-bond acceptors (Lipinski definition) is 3. The van der Waals surface area contributed by atoms with Crippen molar-refractivity contribution in [1.29, 1.82) is 0 Å². The van der Waals surface area contributed by atoms with Crippen LogP contribution >= 0.6 is 11.6 Å². The van der Waals surface area contributed by atoms with Gasteiger partial charge < -0.3 is 10.1 Å². The molecule has 0 saturated heterocycles. The molecule has 3 aromatic carbocycles. The molecule has 142 valence electrons. The quantitative estimate of drug-likeness (QED) is 0.583. The Morgan fingerprint density at radius 2 is 1.61 bits per heavy atom. The fourth-order valence-electron chi connectivity index (χ4n) is 2.73. The molecule has 0 fully saturated rings. The van der Waals surface area contributed by atoms with Gasteiger partial charge in [-0.3, -0.25) is 4.79 Å². The Kier molecular flexibility index (Phi) is 6.12. The average molecular weight is 394 g/mol. The Morgan fingerprint density at radius 1 is 0.929 bits per heavy atom. The standard InChI is InChI=1S/C23H20ClNO3/c1-15-8-9-16(2)20(14-15)25-22(26)21(17-6-4-3-5-7-17)28-23(27)18-10-12-19(24)13-11-18/h3-14,21H,1-2H3,(H,25,26)/t21-/m1/s1. The molecule has 1 N–H and O–H groups in total. The van der Waals surface area contributed by atoms with Crippen LogP contribution in [0.3, 0.4) is 0 Å². The maximum absolute atomic E-state index is 13.0. The Morgan fingerprint density at radius 3 is 2.29 bits per heavy atom. The van der Waals surface area contributed by atoms with E-state index in [2.05, 4.69) is 5.32 Å². The molecule has 4 nitrogen and oxygen atoms in total. The number of benzene rings is 3. The first-order valence-electron chi connectivity index (χ1n) is 8.83. The van der Waals surface area contributed by atoms with Crippen LogP contribution in [-0.2, 0) is 9.53 Å². The molecular formula is C23H20ClNO3. The van der Waals surface area contributed by atoms with E-state index in [1.54, 1.807) is 48.5 Å². The van der Waals surface area contributed by atoms with Gasteiger partial charge in [0.2, 0.25) is 6.10 Å². The third kappa shape index (κ3) is 4.78. The zero-order chi connectivity index (χ0) is 20.1. The highest BCUT2D eigenvalue weighted by atomic mass is 35.5. The highest BCUT2D eigenvalue weighted by Gasteiger charge is 2.26. The minimum absolute atomic E-state index is 0.324. The van der Waals surface area contributed by atoms with Crippen LogP contribution in [0.2, 0.25) is 5.02 Å². The number of halogens is 1. The summed E-state index contributed by atoms with van der Waals surface area (Å²) in [5.74, 6) is -1.01. The lowest BCUT2D eigenvalue weighted by molar-refractivity contribution is -0.125. The minimum Gasteiger partial charge on any atom is -0.444 e. The topological polar surface area (TPSA) is 55.4 Å². The number of esters is 1. The van der Waals surface area contributed by atoms with Crippen molar-refractivity contribution >= 4 is 29.2 Å². The summed E-state index contributed by atoms with van der Waals surface area (Å²) in [6.07, 6.45) is -1.08. The van der Waals surface area contributed by atoms with Crippen LogP contribution in [0.4, 0.5) is 5.69 Å². The van der Waals surface area contributed by atoms with Crippen molar-refractivity contribution in [1.82, 2.24) is 0 Å². The van der Waals surface area contributed by atoms with Crippen molar-refractivity contribution in [2.24, 2.45) is 0 Å². The van der Waals surface area contributed by atoms with Crippen LogP contribution < -0.4 is 5.32 Å². The van der Waals surface area contributed by atoms with Crippen LogP contribution in [0.5, 0.6) is 0 Å². The number of nitrogens with one attached hydrogen (secondary N) is 1. The van der Waals surface area contributed by atoms with Crippen molar-refractivity contribution in [3.05, 3.63) is 100 Å². The first-order valence-corrected chi connectivity index (χ1v) is 9.21. The molecule has 1 amide bonds. The molecule has 3 rings (SSSR count). The van der Waals surface area contributed by atoms with E-state index in [0.717, 1.165) is 11.1 Å². The Hall–Kier alpha value is -3.11. The summed E-state index contributed by atoms with van der Waals surface area (Å²) < 4.78 is 5.57. The molecule has 0 aliphatic heterocycles. The number of carbonyl (C=O) groups is 2. The van der Waals surface area contributed by atoms with Crippen LogP contribution in [0.25, 0.3) is 0 Å². The van der Waals surface area contributed by atoms with E-state index < -0.39 is 18.0 Å². The average Bonchev–Trinajstić information content (AvgIpc) is 2.70. The summed E-state index contributed by atoms with van der Waals surface area (Å²) in [6, 6.07) is 21.1. The zero-order valence-corrected chi connectivity index (χ0v) is 16.4. The first-order chi connectivity index (χ1) is 13.4. The minimum atomic E-state index is -1.08. The van der Waals surface area contributed by atoms with Gasteiger partial charge in [-0.1, -0.05) is 54.1 Å². The molecule has 5 heteroatoms. The van der Waals surface area contributed by atoms with E-state index in [9.17, 15) is 9.59 Å². The zero-order valence-electron chi connectivity index (χ0n) is 15.6. The van der Waals surface area contributed by atoms with Gasteiger partial charge in [0.25, 0.3) is 5.91 Å². The van der Waals surface area contributed by atoms with Gasteiger partial charge in [-0.15, -0.1) is 0 Å².